The second kappa shape index (κ2) is 7.43. The minimum Gasteiger partial charge on any atom is -0.480 e. The molecule has 0 radical (unpaired) electrons. The predicted octanol–water partition coefficient (Wildman–Crippen LogP) is 1.32. The van der Waals surface area contributed by atoms with Crippen molar-refractivity contribution in [3.8, 4) is 0 Å². The highest BCUT2D eigenvalue weighted by atomic mass is 32.2. The van der Waals surface area contributed by atoms with Crippen molar-refractivity contribution >= 4 is 17.7 Å². The quantitative estimate of drug-likeness (QED) is 0.596. The van der Waals surface area contributed by atoms with Crippen LogP contribution in [-0.2, 0) is 4.79 Å². The van der Waals surface area contributed by atoms with Gasteiger partial charge in [-0.25, -0.2) is 0 Å². The van der Waals surface area contributed by atoms with Crippen molar-refractivity contribution in [1.29, 1.82) is 0 Å². The number of rotatable bonds is 7. The highest BCUT2D eigenvalue weighted by Gasteiger charge is 2.09. The van der Waals surface area contributed by atoms with E-state index in [2.05, 4.69) is 6.92 Å². The summed E-state index contributed by atoms with van der Waals surface area (Å²) in [5.41, 5.74) is 5.31. The Morgan fingerprint density at radius 2 is 2.25 bits per heavy atom. The predicted molar refractivity (Wildman–Crippen MR) is 52.5 cm³/mol. The Hall–Kier alpha value is -0.220. The first-order chi connectivity index (χ1) is 5.68. The number of nitrogens with two attached hydrogens (primary N) is 1. The third-order valence-corrected chi connectivity index (χ3v) is 2.68. The first kappa shape index (κ1) is 11.8. The van der Waals surface area contributed by atoms with Gasteiger partial charge in [0, 0.05) is 5.75 Å². The summed E-state index contributed by atoms with van der Waals surface area (Å²) in [4.78, 5) is 10.3. The van der Waals surface area contributed by atoms with Gasteiger partial charge in [0.15, 0.2) is 0 Å². The number of carbonyl (C=O) groups is 1. The lowest BCUT2D eigenvalue weighted by Gasteiger charge is -2.04. The van der Waals surface area contributed by atoms with Crippen molar-refractivity contribution in [3.63, 3.8) is 0 Å². The van der Waals surface area contributed by atoms with E-state index in [9.17, 15) is 4.79 Å². The standard InChI is InChI=1S/C8H17NO2S/c1-2-3-4-5-12-6-7(9)8(10)11/h7H,2-6,9H2,1H3,(H,10,11). The molecule has 0 aromatic heterocycles. The monoisotopic (exact) mass is 191 g/mol. The molecule has 0 bridgehead atoms. The molecule has 0 saturated carbocycles. The molecule has 0 aromatic carbocycles. The fourth-order valence-corrected chi connectivity index (χ4v) is 1.71. The summed E-state index contributed by atoms with van der Waals surface area (Å²) < 4.78 is 0. The van der Waals surface area contributed by atoms with Crippen molar-refractivity contribution < 1.29 is 9.90 Å². The Labute approximate surface area is 77.7 Å². The molecule has 0 rings (SSSR count). The molecule has 0 amide bonds. The zero-order valence-corrected chi connectivity index (χ0v) is 8.27. The van der Waals surface area contributed by atoms with Gasteiger partial charge < -0.3 is 10.8 Å². The Morgan fingerprint density at radius 1 is 1.58 bits per heavy atom. The first-order valence-corrected chi connectivity index (χ1v) is 5.40. The second-order valence-corrected chi connectivity index (χ2v) is 3.88. The number of carboxylic acids is 1. The third-order valence-electron chi connectivity index (χ3n) is 1.51. The van der Waals surface area contributed by atoms with Crippen molar-refractivity contribution in [2.45, 2.75) is 32.2 Å². The summed E-state index contributed by atoms with van der Waals surface area (Å²) in [7, 11) is 0. The Kier molecular flexibility index (Phi) is 7.29. The number of unbranched alkanes of at least 4 members (excludes halogenated alkanes) is 2. The van der Waals surface area contributed by atoms with Crippen LogP contribution >= 0.6 is 11.8 Å². The average molecular weight is 191 g/mol. The van der Waals surface area contributed by atoms with Crippen LogP contribution in [0.4, 0.5) is 0 Å². The van der Waals surface area contributed by atoms with Gasteiger partial charge in [-0.2, -0.15) is 11.8 Å². The molecule has 72 valence electrons. The number of carboxylic acid groups (broad SMARTS) is 1. The summed E-state index contributed by atoms with van der Waals surface area (Å²) in [6.45, 7) is 2.15. The molecular weight excluding hydrogens is 174 g/mol. The van der Waals surface area contributed by atoms with Gasteiger partial charge in [0.05, 0.1) is 0 Å². The molecule has 0 heterocycles. The van der Waals surface area contributed by atoms with Gasteiger partial charge in [0.1, 0.15) is 6.04 Å². The molecule has 0 aliphatic heterocycles. The number of thioether (sulfide) groups is 1. The molecule has 3 N–H and O–H groups in total. The van der Waals surface area contributed by atoms with Crippen LogP contribution in [0.25, 0.3) is 0 Å². The molecular formula is C8H17NO2S. The smallest absolute Gasteiger partial charge is 0.321 e. The minimum atomic E-state index is -0.905. The maximum absolute atomic E-state index is 10.3. The molecule has 0 spiro atoms. The van der Waals surface area contributed by atoms with Gasteiger partial charge in [-0.1, -0.05) is 19.8 Å². The maximum atomic E-state index is 10.3. The number of hydrogen-bond donors (Lipinski definition) is 2. The summed E-state index contributed by atoms with van der Waals surface area (Å²) in [6.07, 6.45) is 3.58. The largest absolute Gasteiger partial charge is 0.480 e. The van der Waals surface area contributed by atoms with Gasteiger partial charge in [-0.3, -0.25) is 4.79 Å². The van der Waals surface area contributed by atoms with Gasteiger partial charge in [0.25, 0.3) is 0 Å². The van der Waals surface area contributed by atoms with Gasteiger partial charge >= 0.3 is 5.97 Å². The van der Waals surface area contributed by atoms with E-state index in [0.717, 1.165) is 12.2 Å². The second-order valence-electron chi connectivity index (χ2n) is 2.73. The molecule has 1 unspecified atom stereocenters. The van der Waals surface area contributed by atoms with Crippen LogP contribution in [-0.4, -0.2) is 28.6 Å². The Bertz CT molecular complexity index is 130. The lowest BCUT2D eigenvalue weighted by Crippen LogP contribution is -2.32. The summed E-state index contributed by atoms with van der Waals surface area (Å²) in [5.74, 6) is 0.645. The van der Waals surface area contributed by atoms with Crippen LogP contribution in [0.1, 0.15) is 26.2 Å². The average Bonchev–Trinajstić information content (AvgIpc) is 2.03. The molecule has 1 atom stereocenters. The van der Waals surface area contributed by atoms with Gasteiger partial charge in [-0.05, 0) is 12.2 Å². The molecule has 0 saturated heterocycles. The van der Waals surface area contributed by atoms with Crippen molar-refractivity contribution in [2.75, 3.05) is 11.5 Å². The summed E-state index contributed by atoms with van der Waals surface area (Å²) >= 11 is 1.62. The van der Waals surface area contributed by atoms with E-state index in [0.29, 0.717) is 5.75 Å². The van der Waals surface area contributed by atoms with Crippen LogP contribution in [0.5, 0.6) is 0 Å². The minimum absolute atomic E-state index is 0.527. The molecule has 0 aromatic rings. The summed E-state index contributed by atoms with van der Waals surface area (Å²) in [6, 6.07) is -0.698. The van der Waals surface area contributed by atoms with E-state index in [1.807, 2.05) is 0 Å². The normalized spacial score (nSPS) is 12.8. The van der Waals surface area contributed by atoms with E-state index >= 15 is 0 Å². The molecule has 0 aliphatic rings. The fraction of sp³-hybridized carbons (Fsp3) is 0.875. The summed E-state index contributed by atoms with van der Waals surface area (Å²) in [5, 5.41) is 8.45. The third kappa shape index (κ3) is 6.49. The Morgan fingerprint density at radius 3 is 2.75 bits per heavy atom. The van der Waals surface area contributed by atoms with Crippen LogP contribution in [0.15, 0.2) is 0 Å². The highest BCUT2D eigenvalue weighted by molar-refractivity contribution is 7.99. The van der Waals surface area contributed by atoms with Crippen LogP contribution < -0.4 is 5.73 Å². The molecule has 12 heavy (non-hydrogen) atoms. The van der Waals surface area contributed by atoms with Crippen molar-refractivity contribution in [3.05, 3.63) is 0 Å². The lowest BCUT2D eigenvalue weighted by atomic mass is 10.3. The van der Waals surface area contributed by atoms with E-state index in [-0.39, 0.29) is 0 Å². The molecule has 0 aliphatic carbocycles. The SMILES string of the molecule is CCCCCSCC(N)C(=O)O. The molecule has 0 fully saturated rings. The molecule has 4 heteroatoms. The topological polar surface area (TPSA) is 63.3 Å². The highest BCUT2D eigenvalue weighted by Crippen LogP contribution is 2.06. The van der Waals surface area contributed by atoms with Crippen molar-refractivity contribution in [2.24, 2.45) is 5.73 Å². The number of aliphatic carboxylic acids is 1. The fourth-order valence-electron chi connectivity index (χ4n) is 0.736. The van der Waals surface area contributed by atoms with E-state index in [1.165, 1.54) is 12.8 Å². The first-order valence-electron chi connectivity index (χ1n) is 4.24. The maximum Gasteiger partial charge on any atom is 0.321 e. The van der Waals surface area contributed by atoms with E-state index in [4.69, 9.17) is 10.8 Å². The number of hydrogen-bond acceptors (Lipinski definition) is 3. The van der Waals surface area contributed by atoms with Gasteiger partial charge in [-0.15, -0.1) is 0 Å². The van der Waals surface area contributed by atoms with Crippen LogP contribution in [0.3, 0.4) is 0 Å². The van der Waals surface area contributed by atoms with Crippen LogP contribution in [0.2, 0.25) is 0 Å². The van der Waals surface area contributed by atoms with E-state index in [1.54, 1.807) is 11.8 Å². The van der Waals surface area contributed by atoms with E-state index < -0.39 is 12.0 Å². The zero-order chi connectivity index (χ0) is 9.40. The van der Waals surface area contributed by atoms with Gasteiger partial charge in [0.2, 0.25) is 0 Å². The molecule has 3 nitrogen and oxygen atoms in total. The van der Waals surface area contributed by atoms with Crippen LogP contribution in [0, 0.1) is 0 Å². The zero-order valence-electron chi connectivity index (χ0n) is 7.45. The Balaban J connectivity index is 3.14. The lowest BCUT2D eigenvalue weighted by molar-refractivity contribution is -0.137. The van der Waals surface area contributed by atoms with Crippen molar-refractivity contribution in [1.82, 2.24) is 0 Å².